The van der Waals surface area contributed by atoms with Gasteiger partial charge in [0.05, 0.1) is 0 Å². The minimum atomic E-state index is 0.648. The minimum Gasteiger partial charge on any atom is -0.103 e. The van der Waals surface area contributed by atoms with Gasteiger partial charge in [-0.25, -0.2) is 0 Å². The Morgan fingerprint density at radius 2 is 1.05 bits per heavy atom. The van der Waals surface area contributed by atoms with Crippen LogP contribution in [0, 0.1) is 11.8 Å². The lowest BCUT2D eigenvalue weighted by Gasteiger charge is -2.04. The Labute approximate surface area is 137 Å². The van der Waals surface area contributed by atoms with E-state index in [0.29, 0.717) is 5.92 Å². The van der Waals surface area contributed by atoms with Crippen molar-refractivity contribution in [1.82, 2.24) is 0 Å². The zero-order valence-electron chi connectivity index (χ0n) is 16.5. The van der Waals surface area contributed by atoms with Gasteiger partial charge < -0.3 is 0 Å². The van der Waals surface area contributed by atoms with E-state index in [1.807, 2.05) is 19.9 Å². The Hall–Kier alpha value is -0.260. The number of unbranched alkanes of at least 4 members (excludes halogenated alkanes) is 8. The van der Waals surface area contributed by atoms with Gasteiger partial charge in [0.1, 0.15) is 0 Å². The fraction of sp³-hybridized carbons (Fsp3) is 0.905. The van der Waals surface area contributed by atoms with Gasteiger partial charge in [-0.3, -0.25) is 0 Å². The maximum Gasteiger partial charge on any atom is -0.0293 e. The highest BCUT2D eigenvalue weighted by Gasteiger charge is 1.94. The quantitative estimate of drug-likeness (QED) is 0.265. The Morgan fingerprint density at radius 3 is 1.33 bits per heavy atom. The summed E-state index contributed by atoms with van der Waals surface area (Å²) in [7, 11) is 0. The second kappa shape index (κ2) is 24.7. The van der Waals surface area contributed by atoms with E-state index in [0.717, 1.165) is 5.92 Å². The first kappa shape index (κ1) is 25.7. The zero-order valence-corrected chi connectivity index (χ0v) is 16.5. The molecule has 21 heavy (non-hydrogen) atoms. The molecule has 0 N–H and O–H groups in total. The van der Waals surface area contributed by atoms with Crippen LogP contribution in [0.5, 0.6) is 0 Å². The molecule has 0 amide bonds. The van der Waals surface area contributed by atoms with Crippen molar-refractivity contribution in [3.8, 4) is 0 Å². The summed E-state index contributed by atoms with van der Waals surface area (Å²) in [6.07, 6.45) is 16.4. The van der Waals surface area contributed by atoms with E-state index in [-0.39, 0.29) is 0 Å². The van der Waals surface area contributed by atoms with E-state index in [2.05, 4.69) is 41.2 Å². The largest absolute Gasteiger partial charge is 0.103 e. The van der Waals surface area contributed by atoms with Gasteiger partial charge >= 0.3 is 0 Å². The maximum atomic E-state index is 3.56. The third kappa shape index (κ3) is 38.3. The van der Waals surface area contributed by atoms with Gasteiger partial charge in [0, 0.05) is 0 Å². The molecular weight excluding hydrogens is 252 g/mol. The summed E-state index contributed by atoms with van der Waals surface area (Å²) in [4.78, 5) is 0. The standard InChI is InChI=1S/C14H30.C5H10.C2H6/c1-4-5-6-7-8-9-10-11-12-13-14(2)3;1-4-5(2)3;1-2/h14H,4-13H2,1-3H3;4-5H,1H2,2-3H3;1-2H3. The zero-order chi connectivity index (χ0) is 16.9. The lowest BCUT2D eigenvalue weighted by molar-refractivity contribution is 0.507. The first-order valence-corrected chi connectivity index (χ1v) is 9.67. The molecule has 0 spiro atoms. The van der Waals surface area contributed by atoms with Gasteiger partial charge in [0.2, 0.25) is 0 Å². The molecule has 0 bridgehead atoms. The van der Waals surface area contributed by atoms with E-state index >= 15 is 0 Å². The van der Waals surface area contributed by atoms with Gasteiger partial charge in [-0.1, -0.05) is 119 Å². The Balaban J connectivity index is -0.000000389. The smallest absolute Gasteiger partial charge is 0.0293 e. The Kier molecular flexibility index (Phi) is 30.3. The molecule has 0 radical (unpaired) electrons. The van der Waals surface area contributed by atoms with Crippen molar-refractivity contribution in [2.24, 2.45) is 11.8 Å². The van der Waals surface area contributed by atoms with Crippen LogP contribution < -0.4 is 0 Å². The van der Waals surface area contributed by atoms with E-state index < -0.39 is 0 Å². The molecule has 0 aromatic heterocycles. The summed E-state index contributed by atoms with van der Waals surface area (Å²) in [6.45, 7) is 18.7. The fourth-order valence-electron chi connectivity index (χ4n) is 1.86. The van der Waals surface area contributed by atoms with E-state index in [9.17, 15) is 0 Å². The van der Waals surface area contributed by atoms with Gasteiger partial charge in [-0.2, -0.15) is 0 Å². The molecule has 0 atom stereocenters. The van der Waals surface area contributed by atoms with Crippen molar-refractivity contribution in [2.45, 2.75) is 113 Å². The average molecular weight is 299 g/mol. The normalized spacial score (nSPS) is 9.76. The molecule has 0 nitrogen and oxygen atoms in total. The molecule has 0 aromatic carbocycles. The highest BCUT2D eigenvalue weighted by molar-refractivity contribution is 4.69. The molecule has 0 aliphatic heterocycles. The molecule has 0 aliphatic carbocycles. The molecule has 130 valence electrons. The van der Waals surface area contributed by atoms with Crippen molar-refractivity contribution in [3.63, 3.8) is 0 Å². The molecule has 0 aliphatic rings. The van der Waals surface area contributed by atoms with Gasteiger partial charge in [0.25, 0.3) is 0 Å². The number of hydrogen-bond donors (Lipinski definition) is 0. The highest BCUT2D eigenvalue weighted by atomic mass is 14.0. The van der Waals surface area contributed by atoms with Crippen molar-refractivity contribution in [2.75, 3.05) is 0 Å². The summed E-state index contributed by atoms with van der Waals surface area (Å²) in [5.41, 5.74) is 0. The SMILES string of the molecule is C=CC(C)C.CC.CCCCCCCCCCCC(C)C. The van der Waals surface area contributed by atoms with E-state index in [1.54, 1.807) is 0 Å². The lowest BCUT2D eigenvalue weighted by atomic mass is 10.0. The van der Waals surface area contributed by atoms with Crippen molar-refractivity contribution in [3.05, 3.63) is 12.7 Å². The average Bonchev–Trinajstić information content (AvgIpc) is 2.48. The van der Waals surface area contributed by atoms with Crippen LogP contribution in [-0.4, -0.2) is 0 Å². The van der Waals surface area contributed by atoms with Crippen molar-refractivity contribution < 1.29 is 0 Å². The molecule has 0 heterocycles. The summed E-state index contributed by atoms with van der Waals surface area (Å²) < 4.78 is 0. The van der Waals surface area contributed by atoms with Gasteiger partial charge in [-0.05, 0) is 11.8 Å². The van der Waals surface area contributed by atoms with Crippen LogP contribution in [0.1, 0.15) is 113 Å². The third-order valence-electron chi connectivity index (χ3n) is 3.36. The predicted molar refractivity (Wildman–Crippen MR) is 103 cm³/mol. The first-order chi connectivity index (χ1) is 10.0. The number of allylic oxidation sites excluding steroid dienone is 1. The molecule has 0 aromatic rings. The molecule has 0 heteroatoms. The van der Waals surface area contributed by atoms with E-state index in [1.165, 1.54) is 64.2 Å². The summed E-state index contributed by atoms with van der Waals surface area (Å²) in [5.74, 6) is 1.55. The molecule has 0 rings (SSSR count). The van der Waals surface area contributed by atoms with Crippen LogP contribution in [-0.2, 0) is 0 Å². The van der Waals surface area contributed by atoms with E-state index in [4.69, 9.17) is 0 Å². The van der Waals surface area contributed by atoms with Crippen molar-refractivity contribution >= 4 is 0 Å². The summed E-state index contributed by atoms with van der Waals surface area (Å²) >= 11 is 0. The van der Waals surface area contributed by atoms with Crippen LogP contribution in [0.3, 0.4) is 0 Å². The first-order valence-electron chi connectivity index (χ1n) is 9.67. The summed E-state index contributed by atoms with van der Waals surface area (Å²) in [6, 6.07) is 0. The van der Waals surface area contributed by atoms with Crippen LogP contribution in [0.2, 0.25) is 0 Å². The second-order valence-electron chi connectivity index (χ2n) is 6.49. The van der Waals surface area contributed by atoms with Gasteiger partial charge in [-0.15, -0.1) is 6.58 Å². The maximum absolute atomic E-state index is 3.56. The Morgan fingerprint density at radius 1 is 0.714 bits per heavy atom. The molecular formula is C21H46. The highest BCUT2D eigenvalue weighted by Crippen LogP contribution is 2.12. The number of hydrogen-bond acceptors (Lipinski definition) is 0. The molecule has 0 saturated heterocycles. The fourth-order valence-corrected chi connectivity index (χ4v) is 1.86. The Bertz CT molecular complexity index is 155. The van der Waals surface area contributed by atoms with Crippen LogP contribution in [0.4, 0.5) is 0 Å². The van der Waals surface area contributed by atoms with Crippen molar-refractivity contribution in [1.29, 1.82) is 0 Å². The molecule has 0 saturated carbocycles. The van der Waals surface area contributed by atoms with Crippen LogP contribution in [0.25, 0.3) is 0 Å². The molecule has 0 unspecified atom stereocenters. The second-order valence-corrected chi connectivity index (χ2v) is 6.49. The van der Waals surface area contributed by atoms with Crippen LogP contribution >= 0.6 is 0 Å². The lowest BCUT2D eigenvalue weighted by Crippen LogP contribution is -1.87. The topological polar surface area (TPSA) is 0 Å². The predicted octanol–water partition coefficient (Wildman–Crippen LogP) is 8.42. The minimum absolute atomic E-state index is 0.648. The summed E-state index contributed by atoms with van der Waals surface area (Å²) in [5, 5.41) is 0. The van der Waals surface area contributed by atoms with Gasteiger partial charge in [0.15, 0.2) is 0 Å². The number of rotatable bonds is 11. The molecule has 0 fully saturated rings. The monoisotopic (exact) mass is 298 g/mol. The van der Waals surface area contributed by atoms with Crippen LogP contribution in [0.15, 0.2) is 12.7 Å². The third-order valence-corrected chi connectivity index (χ3v) is 3.36.